The maximum absolute atomic E-state index is 14.1. The van der Waals surface area contributed by atoms with Crippen LogP contribution in [0.25, 0.3) is 17.2 Å². The first-order chi connectivity index (χ1) is 16.4. The van der Waals surface area contributed by atoms with Crippen LogP contribution in [-0.4, -0.2) is 35.4 Å². The van der Waals surface area contributed by atoms with Gasteiger partial charge in [-0.1, -0.05) is 6.07 Å². The highest BCUT2D eigenvalue weighted by molar-refractivity contribution is 6.08. The number of hydrogen-bond donors (Lipinski definition) is 2. The van der Waals surface area contributed by atoms with Gasteiger partial charge in [-0.25, -0.2) is 4.39 Å². The second-order valence-corrected chi connectivity index (χ2v) is 7.83. The number of aromatic hydroxyl groups is 1. The number of nitrogens with one attached hydrogen (secondary N) is 1. The van der Waals surface area contributed by atoms with Crippen molar-refractivity contribution in [2.75, 3.05) is 14.2 Å². The van der Waals surface area contributed by atoms with Gasteiger partial charge in [-0.15, -0.1) is 0 Å². The van der Waals surface area contributed by atoms with Gasteiger partial charge in [0, 0.05) is 12.7 Å². The van der Waals surface area contributed by atoms with Crippen LogP contribution >= 0.6 is 0 Å². The molecule has 4 rings (SSSR count). The number of amides is 1. The third-order valence-electron chi connectivity index (χ3n) is 5.74. The summed E-state index contributed by atoms with van der Waals surface area (Å²) in [6, 6.07) is 9.72. The summed E-state index contributed by atoms with van der Waals surface area (Å²) < 4.78 is 24.7. The van der Waals surface area contributed by atoms with E-state index in [9.17, 15) is 14.3 Å². The number of hydrogen-bond acceptors (Lipinski definition) is 6. The molecule has 8 heteroatoms. The lowest BCUT2D eigenvalue weighted by atomic mass is 10.00. The van der Waals surface area contributed by atoms with Crippen LogP contribution in [0.4, 0.5) is 4.39 Å². The van der Waals surface area contributed by atoms with Crippen molar-refractivity contribution in [3.63, 3.8) is 0 Å². The van der Waals surface area contributed by atoms with Gasteiger partial charge in [0.15, 0.2) is 11.5 Å². The summed E-state index contributed by atoms with van der Waals surface area (Å²) in [6.45, 7) is 2.24. The van der Waals surface area contributed by atoms with Gasteiger partial charge >= 0.3 is 0 Å². The molecule has 0 fully saturated rings. The van der Waals surface area contributed by atoms with Crippen molar-refractivity contribution in [2.45, 2.75) is 19.9 Å². The van der Waals surface area contributed by atoms with Crippen molar-refractivity contribution in [3.8, 4) is 17.2 Å². The lowest BCUT2D eigenvalue weighted by Crippen LogP contribution is -2.22. The number of phenolic OH excluding ortho intramolecular Hbond substituents is 1. The van der Waals surface area contributed by atoms with Crippen LogP contribution in [0.15, 0.2) is 54.4 Å². The molecular formula is C26H24FN3O4. The largest absolute Gasteiger partial charge is 0.502 e. The standard InChI is InChI=1S/C26H24FN3O4/c1-15-20(8-17-9-23(33-2)26(32)24(10-17)34-3)19-5-4-18(27)11-22(19)21(15)12-25(31)28-13-16-6-7-29-30-14-16/h4-11,14,32H,12-13H2,1-3H3,(H,28,31)/b20-8-. The number of aromatic nitrogens is 2. The molecule has 0 saturated heterocycles. The maximum atomic E-state index is 14.1. The second-order valence-electron chi connectivity index (χ2n) is 7.83. The Bertz CT molecular complexity index is 1280. The van der Waals surface area contributed by atoms with Gasteiger partial charge in [0.2, 0.25) is 11.7 Å². The molecule has 1 aromatic heterocycles. The average Bonchev–Trinajstić information content (AvgIpc) is 3.09. The molecule has 0 saturated carbocycles. The lowest BCUT2D eigenvalue weighted by Gasteiger charge is -2.11. The molecule has 0 bridgehead atoms. The number of halogens is 1. The fourth-order valence-electron chi connectivity index (χ4n) is 3.99. The zero-order chi connectivity index (χ0) is 24.2. The van der Waals surface area contributed by atoms with Crippen molar-refractivity contribution in [1.29, 1.82) is 0 Å². The van der Waals surface area contributed by atoms with E-state index in [-0.39, 0.29) is 35.4 Å². The molecule has 2 aromatic carbocycles. The van der Waals surface area contributed by atoms with Crippen LogP contribution < -0.4 is 14.8 Å². The normalized spacial score (nSPS) is 13.7. The summed E-state index contributed by atoms with van der Waals surface area (Å²) in [5, 5.41) is 20.6. The molecule has 1 aliphatic carbocycles. The Labute approximate surface area is 196 Å². The van der Waals surface area contributed by atoms with E-state index in [1.807, 2.05) is 13.0 Å². The van der Waals surface area contributed by atoms with Crippen LogP contribution in [0, 0.1) is 5.82 Å². The highest BCUT2D eigenvalue weighted by atomic mass is 19.1. The zero-order valence-electron chi connectivity index (χ0n) is 19.1. The van der Waals surface area contributed by atoms with E-state index in [4.69, 9.17) is 9.47 Å². The molecule has 0 aliphatic heterocycles. The fourth-order valence-corrected chi connectivity index (χ4v) is 3.99. The molecule has 34 heavy (non-hydrogen) atoms. The quantitative estimate of drug-likeness (QED) is 0.543. The van der Waals surface area contributed by atoms with Gasteiger partial charge in [0.25, 0.3) is 0 Å². The molecule has 1 heterocycles. The monoisotopic (exact) mass is 461 g/mol. The molecule has 1 amide bonds. The number of nitrogens with zero attached hydrogens (tertiary/aromatic N) is 2. The summed E-state index contributed by atoms with van der Waals surface area (Å²) in [4.78, 5) is 12.7. The Kier molecular flexibility index (Phi) is 6.58. The lowest BCUT2D eigenvalue weighted by molar-refractivity contribution is -0.120. The van der Waals surface area contributed by atoms with E-state index in [0.717, 1.165) is 33.4 Å². The highest BCUT2D eigenvalue weighted by Gasteiger charge is 2.26. The number of allylic oxidation sites excluding steroid dienone is 2. The maximum Gasteiger partial charge on any atom is 0.224 e. The average molecular weight is 461 g/mol. The van der Waals surface area contributed by atoms with Crippen LogP contribution in [-0.2, 0) is 11.3 Å². The molecule has 0 unspecified atom stereocenters. The summed E-state index contributed by atoms with van der Waals surface area (Å²) in [6.07, 6.45) is 5.16. The summed E-state index contributed by atoms with van der Waals surface area (Å²) >= 11 is 0. The highest BCUT2D eigenvalue weighted by Crippen LogP contribution is 2.45. The first kappa shape index (κ1) is 23.0. The van der Waals surface area contributed by atoms with Gasteiger partial charge in [0.05, 0.1) is 26.8 Å². The molecular weight excluding hydrogens is 437 g/mol. The van der Waals surface area contributed by atoms with Gasteiger partial charge in [-0.05, 0) is 82.3 Å². The van der Waals surface area contributed by atoms with E-state index in [2.05, 4.69) is 15.5 Å². The summed E-state index contributed by atoms with van der Waals surface area (Å²) in [5.41, 5.74) is 5.55. The molecule has 0 spiro atoms. The van der Waals surface area contributed by atoms with Gasteiger partial charge in [-0.3, -0.25) is 4.79 Å². The number of phenols is 1. The Morgan fingerprint density at radius 2 is 1.82 bits per heavy atom. The van der Waals surface area contributed by atoms with Crippen molar-refractivity contribution >= 4 is 23.1 Å². The molecule has 7 nitrogen and oxygen atoms in total. The topological polar surface area (TPSA) is 93.6 Å². The third kappa shape index (κ3) is 4.61. The predicted octanol–water partition coefficient (Wildman–Crippen LogP) is 4.37. The van der Waals surface area contributed by atoms with Gasteiger partial charge in [0.1, 0.15) is 5.82 Å². The minimum Gasteiger partial charge on any atom is -0.502 e. The predicted molar refractivity (Wildman–Crippen MR) is 127 cm³/mol. The molecule has 2 N–H and O–H groups in total. The van der Waals surface area contributed by atoms with E-state index >= 15 is 0 Å². The minimum absolute atomic E-state index is 0.0879. The summed E-state index contributed by atoms with van der Waals surface area (Å²) in [7, 11) is 2.92. The molecule has 1 aliphatic rings. The number of ether oxygens (including phenoxy) is 2. The summed E-state index contributed by atoms with van der Waals surface area (Å²) in [5.74, 6) is -0.0991. The number of carbonyl (C=O) groups excluding carboxylic acids is 1. The molecule has 0 radical (unpaired) electrons. The number of methoxy groups -OCH3 is 2. The minimum atomic E-state index is -0.374. The van der Waals surface area contributed by atoms with Crippen LogP contribution in [0.2, 0.25) is 0 Å². The smallest absolute Gasteiger partial charge is 0.224 e. The van der Waals surface area contributed by atoms with Gasteiger partial charge in [-0.2, -0.15) is 10.2 Å². The van der Waals surface area contributed by atoms with E-state index in [1.165, 1.54) is 26.4 Å². The number of fused-ring (bicyclic) bond motifs is 1. The number of benzene rings is 2. The third-order valence-corrected chi connectivity index (χ3v) is 5.74. The van der Waals surface area contributed by atoms with E-state index in [0.29, 0.717) is 12.1 Å². The number of rotatable bonds is 7. The SMILES string of the molecule is COc1cc(/C=C2/C(C)=C(CC(=O)NCc3ccnnc3)c3cc(F)ccc32)cc(OC)c1O. The first-order valence-corrected chi connectivity index (χ1v) is 10.6. The Balaban J connectivity index is 1.68. The molecule has 174 valence electrons. The molecule has 3 aromatic rings. The van der Waals surface area contributed by atoms with Crippen LogP contribution in [0.5, 0.6) is 17.2 Å². The fraction of sp³-hybridized carbons (Fsp3) is 0.192. The Morgan fingerprint density at radius 1 is 1.09 bits per heavy atom. The van der Waals surface area contributed by atoms with Crippen molar-refractivity contribution in [1.82, 2.24) is 15.5 Å². The first-order valence-electron chi connectivity index (χ1n) is 10.6. The second kappa shape index (κ2) is 9.74. The molecule has 0 atom stereocenters. The Hall–Kier alpha value is -4.20. The van der Waals surface area contributed by atoms with Crippen molar-refractivity contribution < 1.29 is 23.8 Å². The van der Waals surface area contributed by atoms with Crippen molar-refractivity contribution in [3.05, 3.63) is 82.4 Å². The van der Waals surface area contributed by atoms with Crippen molar-refractivity contribution in [2.24, 2.45) is 0 Å². The van der Waals surface area contributed by atoms with Gasteiger partial charge < -0.3 is 19.9 Å². The van der Waals surface area contributed by atoms with Crippen LogP contribution in [0.3, 0.4) is 0 Å². The van der Waals surface area contributed by atoms with E-state index in [1.54, 1.807) is 36.7 Å². The number of carbonyl (C=O) groups is 1. The Morgan fingerprint density at radius 3 is 2.47 bits per heavy atom. The van der Waals surface area contributed by atoms with Crippen LogP contribution in [0.1, 0.15) is 35.6 Å². The zero-order valence-corrected chi connectivity index (χ0v) is 19.1. The van der Waals surface area contributed by atoms with E-state index < -0.39 is 0 Å².